The molecule has 0 aliphatic carbocycles. The molecule has 19 heavy (non-hydrogen) atoms. The van der Waals surface area contributed by atoms with Crippen molar-refractivity contribution >= 4 is 15.8 Å². The van der Waals surface area contributed by atoms with Crippen molar-refractivity contribution in [1.82, 2.24) is 14.6 Å². The van der Waals surface area contributed by atoms with E-state index in [1.165, 1.54) is 18.3 Å². The first-order chi connectivity index (χ1) is 8.95. The van der Waals surface area contributed by atoms with E-state index in [0.29, 0.717) is 12.4 Å². The molecule has 0 fully saturated rings. The normalized spacial score (nSPS) is 11.8. The Hall–Kier alpha value is -1.18. The third-order valence-corrected chi connectivity index (χ3v) is 4.08. The summed E-state index contributed by atoms with van der Waals surface area (Å²) in [5.41, 5.74) is 0. The van der Waals surface area contributed by atoms with E-state index in [1.54, 1.807) is 7.05 Å². The maximum Gasteiger partial charge on any atom is 0.240 e. The third kappa shape index (κ3) is 5.54. The molecule has 1 aromatic heterocycles. The topological polar surface area (TPSA) is 74.3 Å². The van der Waals surface area contributed by atoms with Crippen LogP contribution in [-0.2, 0) is 10.0 Å². The lowest BCUT2D eigenvalue weighted by Crippen LogP contribution is -2.25. The molecule has 6 nitrogen and oxygen atoms in total. The molecule has 0 aliphatic heterocycles. The fraction of sp³-hybridized carbons (Fsp3) is 0.583. The molecule has 1 rings (SSSR count). The van der Waals surface area contributed by atoms with Gasteiger partial charge >= 0.3 is 0 Å². The van der Waals surface area contributed by atoms with Crippen LogP contribution in [0.4, 0.5) is 5.82 Å². The van der Waals surface area contributed by atoms with E-state index in [1.807, 2.05) is 14.1 Å². The van der Waals surface area contributed by atoms with Gasteiger partial charge in [0.05, 0.1) is 4.90 Å². The predicted molar refractivity (Wildman–Crippen MR) is 76.8 cm³/mol. The number of rotatable bonds is 8. The Morgan fingerprint density at radius 1 is 1.32 bits per heavy atom. The number of pyridine rings is 1. The summed E-state index contributed by atoms with van der Waals surface area (Å²) in [5, 5.41) is 2.82. The monoisotopic (exact) mass is 286 g/mol. The largest absolute Gasteiger partial charge is 0.373 e. The van der Waals surface area contributed by atoms with Crippen LogP contribution in [0.2, 0.25) is 0 Å². The van der Waals surface area contributed by atoms with Crippen LogP contribution in [0.5, 0.6) is 0 Å². The zero-order valence-corrected chi connectivity index (χ0v) is 12.5. The van der Waals surface area contributed by atoms with Crippen LogP contribution >= 0.6 is 0 Å². The number of hydrogen-bond acceptors (Lipinski definition) is 5. The number of aromatic nitrogens is 1. The van der Waals surface area contributed by atoms with Crippen molar-refractivity contribution in [2.24, 2.45) is 0 Å². The lowest BCUT2D eigenvalue weighted by atomic mass is 10.3. The van der Waals surface area contributed by atoms with E-state index in [4.69, 9.17) is 0 Å². The molecule has 7 heteroatoms. The summed E-state index contributed by atoms with van der Waals surface area (Å²) >= 11 is 0. The molecule has 0 spiro atoms. The van der Waals surface area contributed by atoms with Crippen LogP contribution in [0.25, 0.3) is 0 Å². The molecule has 0 unspecified atom stereocenters. The van der Waals surface area contributed by atoms with Crippen LogP contribution in [0, 0.1) is 0 Å². The second-order valence-electron chi connectivity index (χ2n) is 4.53. The van der Waals surface area contributed by atoms with Crippen molar-refractivity contribution in [2.45, 2.75) is 17.7 Å². The predicted octanol–water partition coefficient (Wildman–Crippen LogP) is 0.743. The van der Waals surface area contributed by atoms with Crippen LogP contribution in [-0.4, -0.2) is 52.5 Å². The van der Waals surface area contributed by atoms with Gasteiger partial charge in [-0.3, -0.25) is 0 Å². The van der Waals surface area contributed by atoms with Gasteiger partial charge in [0.25, 0.3) is 0 Å². The van der Waals surface area contributed by atoms with Gasteiger partial charge in [-0.05, 0) is 39.5 Å². The summed E-state index contributed by atoms with van der Waals surface area (Å²) in [6.45, 7) is 1.41. The van der Waals surface area contributed by atoms with E-state index < -0.39 is 10.0 Å². The van der Waals surface area contributed by atoms with Crippen molar-refractivity contribution < 1.29 is 8.42 Å². The Bertz CT molecular complexity index is 488. The Balaban J connectivity index is 2.51. The molecule has 0 aromatic carbocycles. The number of hydrogen-bond donors (Lipinski definition) is 2. The summed E-state index contributed by atoms with van der Waals surface area (Å²) in [6, 6.07) is 3.01. The lowest BCUT2D eigenvalue weighted by molar-refractivity contribution is 0.394. The van der Waals surface area contributed by atoms with E-state index in [-0.39, 0.29) is 4.90 Å². The minimum absolute atomic E-state index is 0.236. The van der Waals surface area contributed by atoms with Crippen molar-refractivity contribution in [1.29, 1.82) is 0 Å². The molecule has 0 saturated heterocycles. The highest BCUT2D eigenvalue weighted by Gasteiger charge is 2.13. The van der Waals surface area contributed by atoms with Gasteiger partial charge in [0.15, 0.2) is 0 Å². The van der Waals surface area contributed by atoms with Crippen LogP contribution in [0.1, 0.15) is 12.8 Å². The molecule has 0 atom stereocenters. The number of nitrogens with one attached hydrogen (secondary N) is 2. The minimum Gasteiger partial charge on any atom is -0.373 e. The second kappa shape index (κ2) is 7.42. The highest BCUT2D eigenvalue weighted by molar-refractivity contribution is 7.89. The molecule has 0 aliphatic rings. The Labute approximate surface area is 115 Å². The summed E-state index contributed by atoms with van der Waals surface area (Å²) < 4.78 is 26.6. The highest BCUT2D eigenvalue weighted by Crippen LogP contribution is 2.11. The van der Waals surface area contributed by atoms with Gasteiger partial charge in [0, 0.05) is 25.9 Å². The van der Waals surface area contributed by atoms with Gasteiger partial charge in [-0.15, -0.1) is 0 Å². The molecule has 2 N–H and O–H groups in total. The molecular formula is C12H22N4O2S. The van der Waals surface area contributed by atoms with Crippen LogP contribution in [0.15, 0.2) is 23.2 Å². The molecular weight excluding hydrogens is 264 g/mol. The number of sulfonamides is 1. The van der Waals surface area contributed by atoms with Gasteiger partial charge < -0.3 is 10.2 Å². The molecule has 1 aromatic rings. The summed E-state index contributed by atoms with van der Waals surface area (Å²) in [6.07, 6.45) is 3.27. The maximum absolute atomic E-state index is 12.0. The number of anilines is 1. The first kappa shape index (κ1) is 15.9. The summed E-state index contributed by atoms with van der Waals surface area (Å²) in [7, 11) is 2.27. The minimum atomic E-state index is -3.44. The van der Waals surface area contributed by atoms with Crippen molar-refractivity contribution in [2.75, 3.05) is 39.5 Å². The molecule has 0 amide bonds. The van der Waals surface area contributed by atoms with Crippen molar-refractivity contribution in [3.63, 3.8) is 0 Å². The molecule has 0 saturated carbocycles. The van der Waals surface area contributed by atoms with Crippen molar-refractivity contribution in [3.05, 3.63) is 18.3 Å². The lowest BCUT2D eigenvalue weighted by Gasteiger charge is -2.10. The number of unbranched alkanes of at least 4 members (excludes halogenated alkanes) is 1. The Morgan fingerprint density at radius 3 is 2.68 bits per heavy atom. The van der Waals surface area contributed by atoms with Gasteiger partial charge in [0.1, 0.15) is 5.82 Å². The Morgan fingerprint density at radius 2 is 2.05 bits per heavy atom. The smallest absolute Gasteiger partial charge is 0.240 e. The quantitative estimate of drug-likeness (QED) is 0.690. The van der Waals surface area contributed by atoms with E-state index in [0.717, 1.165) is 19.4 Å². The molecule has 0 bridgehead atoms. The zero-order valence-electron chi connectivity index (χ0n) is 11.7. The van der Waals surface area contributed by atoms with Gasteiger partial charge in [0.2, 0.25) is 10.0 Å². The van der Waals surface area contributed by atoms with E-state index in [2.05, 4.69) is 19.9 Å². The average molecular weight is 286 g/mol. The van der Waals surface area contributed by atoms with E-state index >= 15 is 0 Å². The fourth-order valence-corrected chi connectivity index (χ4v) is 2.64. The zero-order chi connectivity index (χ0) is 14.3. The molecule has 0 radical (unpaired) electrons. The summed E-state index contributed by atoms with van der Waals surface area (Å²) in [5.74, 6) is 0.537. The standard InChI is InChI=1S/C12H22N4O2S/c1-13-12-10-11(6-8-14-12)19(17,18)15-7-4-5-9-16(2)3/h6,8,10,15H,4-5,7,9H2,1-3H3,(H,13,14). The first-order valence-corrected chi connectivity index (χ1v) is 7.72. The summed E-state index contributed by atoms with van der Waals surface area (Å²) in [4.78, 5) is 6.31. The van der Waals surface area contributed by atoms with Gasteiger partial charge in [-0.25, -0.2) is 18.1 Å². The SMILES string of the molecule is CNc1cc(S(=O)(=O)NCCCCN(C)C)ccn1. The molecule has 1 heterocycles. The van der Waals surface area contributed by atoms with Crippen LogP contribution < -0.4 is 10.0 Å². The highest BCUT2D eigenvalue weighted by atomic mass is 32.2. The van der Waals surface area contributed by atoms with Crippen molar-refractivity contribution in [3.8, 4) is 0 Å². The van der Waals surface area contributed by atoms with E-state index in [9.17, 15) is 8.42 Å². The first-order valence-electron chi connectivity index (χ1n) is 6.24. The average Bonchev–Trinajstić information content (AvgIpc) is 2.38. The fourth-order valence-electron chi connectivity index (χ4n) is 1.56. The maximum atomic E-state index is 12.0. The third-order valence-electron chi connectivity index (χ3n) is 2.62. The van der Waals surface area contributed by atoms with Gasteiger partial charge in [-0.2, -0.15) is 0 Å². The van der Waals surface area contributed by atoms with Gasteiger partial charge in [-0.1, -0.05) is 0 Å². The number of nitrogens with zero attached hydrogens (tertiary/aromatic N) is 2. The van der Waals surface area contributed by atoms with Crippen LogP contribution in [0.3, 0.4) is 0 Å². The molecule has 108 valence electrons. The Kier molecular flexibility index (Phi) is 6.20. The second-order valence-corrected chi connectivity index (χ2v) is 6.30.